The molecule has 4 rings (SSSR count). The zero-order valence-corrected chi connectivity index (χ0v) is 15.9. The normalized spacial score (nSPS) is 12.5. The zero-order valence-electron chi connectivity index (χ0n) is 15.9. The number of rotatable bonds is 4. The molecule has 0 unspecified atom stereocenters. The summed E-state index contributed by atoms with van der Waals surface area (Å²) in [5.41, 5.74) is 9.85. The van der Waals surface area contributed by atoms with Gasteiger partial charge in [0.1, 0.15) is 0 Å². The number of aryl methyl sites for hydroxylation is 3. The van der Waals surface area contributed by atoms with Crippen LogP contribution >= 0.6 is 0 Å². The van der Waals surface area contributed by atoms with E-state index in [2.05, 4.69) is 15.4 Å². The van der Waals surface area contributed by atoms with Gasteiger partial charge >= 0.3 is 0 Å². The number of nitrogen functional groups attached to an aromatic ring is 1. The monoisotopic (exact) mass is 383 g/mol. The van der Waals surface area contributed by atoms with Crippen molar-refractivity contribution in [3.05, 3.63) is 39.3 Å². The van der Waals surface area contributed by atoms with Crippen LogP contribution in [0.3, 0.4) is 0 Å². The van der Waals surface area contributed by atoms with Crippen molar-refractivity contribution in [3.8, 4) is 11.5 Å². The molecule has 0 aliphatic carbocycles. The molecule has 1 aliphatic heterocycles. The third-order valence-corrected chi connectivity index (χ3v) is 5.00. The van der Waals surface area contributed by atoms with Gasteiger partial charge < -0.3 is 20.5 Å². The highest BCUT2D eigenvalue weighted by Gasteiger charge is 2.19. The molecule has 0 saturated carbocycles. The molecule has 0 atom stereocenters. The lowest BCUT2D eigenvalue weighted by atomic mass is 10.00. The first-order chi connectivity index (χ1) is 13.3. The van der Waals surface area contributed by atoms with E-state index < -0.39 is 0 Å². The summed E-state index contributed by atoms with van der Waals surface area (Å²) in [6, 6.07) is 3.29. The molecule has 1 aromatic carbocycles. The van der Waals surface area contributed by atoms with Crippen LogP contribution in [0.2, 0.25) is 0 Å². The Morgan fingerprint density at radius 3 is 2.79 bits per heavy atom. The van der Waals surface area contributed by atoms with E-state index in [-0.39, 0.29) is 24.7 Å². The summed E-state index contributed by atoms with van der Waals surface area (Å²) in [5, 5.41) is 6.09. The Morgan fingerprint density at radius 1 is 1.32 bits per heavy atom. The van der Waals surface area contributed by atoms with Gasteiger partial charge in [-0.3, -0.25) is 19.4 Å². The van der Waals surface area contributed by atoms with Crippen molar-refractivity contribution in [2.75, 3.05) is 17.8 Å². The number of ether oxygens (including phenoxy) is 2. The molecule has 1 amide bonds. The summed E-state index contributed by atoms with van der Waals surface area (Å²) in [6.45, 7) is 3.90. The van der Waals surface area contributed by atoms with Crippen molar-refractivity contribution in [2.45, 2.75) is 26.7 Å². The van der Waals surface area contributed by atoms with Crippen molar-refractivity contribution in [1.82, 2.24) is 14.8 Å². The van der Waals surface area contributed by atoms with Gasteiger partial charge in [-0.05, 0) is 31.4 Å². The fourth-order valence-corrected chi connectivity index (χ4v) is 3.53. The lowest BCUT2D eigenvalue weighted by Crippen LogP contribution is -2.14. The number of pyridine rings is 1. The Kier molecular flexibility index (Phi) is 4.21. The van der Waals surface area contributed by atoms with Crippen LogP contribution in [0.25, 0.3) is 11.0 Å². The van der Waals surface area contributed by atoms with E-state index in [0.29, 0.717) is 40.3 Å². The van der Waals surface area contributed by atoms with Crippen LogP contribution in [0.15, 0.2) is 16.9 Å². The molecule has 0 saturated heterocycles. The Morgan fingerprint density at radius 2 is 2.04 bits per heavy atom. The number of fused-ring (bicyclic) bond motifs is 2. The van der Waals surface area contributed by atoms with Crippen LogP contribution in [-0.2, 0) is 18.3 Å². The largest absolute Gasteiger partial charge is 0.454 e. The molecule has 146 valence electrons. The number of hydrogen-bond donors (Lipinski definition) is 3. The van der Waals surface area contributed by atoms with Crippen molar-refractivity contribution < 1.29 is 14.3 Å². The first-order valence-electron chi connectivity index (χ1n) is 8.89. The number of amides is 1. The highest BCUT2D eigenvalue weighted by atomic mass is 16.7. The van der Waals surface area contributed by atoms with Gasteiger partial charge in [-0.25, -0.2) is 4.98 Å². The molecule has 0 fully saturated rings. The van der Waals surface area contributed by atoms with Crippen LogP contribution < -0.4 is 26.1 Å². The molecule has 0 radical (unpaired) electrons. The smallest absolute Gasteiger partial charge is 0.273 e. The summed E-state index contributed by atoms with van der Waals surface area (Å²) in [6.07, 6.45) is 0.693. The molecule has 1 aliphatic rings. The number of benzene rings is 1. The lowest BCUT2D eigenvalue weighted by Gasteiger charge is -2.12. The quantitative estimate of drug-likeness (QED) is 0.590. The van der Waals surface area contributed by atoms with Gasteiger partial charge in [0.2, 0.25) is 12.7 Å². The molecule has 3 aromatic rings. The zero-order chi connectivity index (χ0) is 20.0. The molecule has 4 N–H and O–H groups in total. The van der Waals surface area contributed by atoms with Crippen LogP contribution in [0.1, 0.15) is 23.2 Å². The summed E-state index contributed by atoms with van der Waals surface area (Å²) >= 11 is 0. The van der Waals surface area contributed by atoms with E-state index in [1.165, 1.54) is 0 Å². The average molecular weight is 383 g/mol. The van der Waals surface area contributed by atoms with Crippen molar-refractivity contribution in [2.24, 2.45) is 7.05 Å². The minimum Gasteiger partial charge on any atom is -0.454 e. The van der Waals surface area contributed by atoms with E-state index in [1.807, 2.05) is 13.8 Å². The van der Waals surface area contributed by atoms with Gasteiger partial charge in [-0.15, -0.1) is 0 Å². The number of H-pyrrole nitrogens is 1. The maximum absolute atomic E-state index is 12.5. The van der Waals surface area contributed by atoms with Crippen LogP contribution in [0, 0.1) is 13.8 Å². The number of nitrogens with zero attached hydrogens (tertiary/aromatic N) is 2. The molecular weight excluding hydrogens is 362 g/mol. The number of aromatic nitrogens is 3. The van der Waals surface area contributed by atoms with Gasteiger partial charge in [0.05, 0.1) is 16.8 Å². The highest BCUT2D eigenvalue weighted by Crippen LogP contribution is 2.38. The number of nitrogens with one attached hydrogen (secondary N) is 2. The van der Waals surface area contributed by atoms with E-state index >= 15 is 0 Å². The Bertz CT molecular complexity index is 1160. The van der Waals surface area contributed by atoms with E-state index in [0.717, 1.165) is 16.8 Å². The number of anilines is 2. The minimum absolute atomic E-state index is 0.138. The summed E-state index contributed by atoms with van der Waals surface area (Å²) < 4.78 is 12.2. The van der Waals surface area contributed by atoms with Crippen molar-refractivity contribution in [1.29, 1.82) is 0 Å². The lowest BCUT2D eigenvalue weighted by molar-refractivity contribution is -0.116. The maximum Gasteiger partial charge on any atom is 0.273 e. The first kappa shape index (κ1) is 17.9. The number of nitrogens with two attached hydrogens (primary N) is 1. The number of hydrogen-bond acceptors (Lipinski definition) is 6. The van der Waals surface area contributed by atoms with Gasteiger partial charge in [-0.2, -0.15) is 0 Å². The summed E-state index contributed by atoms with van der Waals surface area (Å²) in [5.74, 6) is 0.926. The number of carbonyl (C=O) groups is 1. The average Bonchev–Trinajstić information content (AvgIpc) is 3.18. The predicted octanol–water partition coefficient (Wildman–Crippen LogP) is 1.76. The third-order valence-electron chi connectivity index (χ3n) is 5.00. The predicted molar refractivity (Wildman–Crippen MR) is 105 cm³/mol. The highest BCUT2D eigenvalue weighted by molar-refractivity contribution is 5.95. The first-order valence-corrected chi connectivity index (χ1v) is 8.89. The van der Waals surface area contributed by atoms with Gasteiger partial charge in [-0.1, -0.05) is 0 Å². The van der Waals surface area contributed by atoms with Crippen molar-refractivity contribution in [3.63, 3.8) is 0 Å². The summed E-state index contributed by atoms with van der Waals surface area (Å²) in [4.78, 5) is 29.1. The number of carbonyl (C=O) groups excluding carboxylic acids is 1. The van der Waals surface area contributed by atoms with Crippen LogP contribution in [0.5, 0.6) is 11.5 Å². The molecule has 2 aromatic heterocycles. The Hall–Kier alpha value is -3.49. The molecular formula is C19H21N5O4. The van der Waals surface area contributed by atoms with Gasteiger partial charge in [0.25, 0.3) is 5.56 Å². The SMILES string of the molecule is Cc1nc2c(c(C)c1CCC(=O)Nc1cc3c(cc1N)OCO3)c(=O)[nH]n2C. The van der Waals surface area contributed by atoms with E-state index in [9.17, 15) is 9.59 Å². The molecule has 28 heavy (non-hydrogen) atoms. The molecule has 9 heteroatoms. The van der Waals surface area contributed by atoms with Crippen LogP contribution in [0.4, 0.5) is 11.4 Å². The minimum atomic E-state index is -0.188. The summed E-state index contributed by atoms with van der Waals surface area (Å²) in [7, 11) is 1.75. The second-order valence-electron chi connectivity index (χ2n) is 6.84. The molecule has 9 nitrogen and oxygen atoms in total. The van der Waals surface area contributed by atoms with E-state index in [1.54, 1.807) is 23.9 Å². The number of aromatic amines is 1. The van der Waals surface area contributed by atoms with Gasteiger partial charge in [0.15, 0.2) is 17.1 Å². The molecule has 3 heterocycles. The topological polar surface area (TPSA) is 124 Å². The van der Waals surface area contributed by atoms with Gasteiger partial charge in [0, 0.05) is 31.3 Å². The van der Waals surface area contributed by atoms with E-state index in [4.69, 9.17) is 15.2 Å². The maximum atomic E-state index is 12.5. The van der Waals surface area contributed by atoms with Crippen molar-refractivity contribution >= 4 is 28.3 Å². The fraction of sp³-hybridized carbons (Fsp3) is 0.316. The Labute approximate surface area is 160 Å². The van der Waals surface area contributed by atoms with Crippen LogP contribution in [-0.4, -0.2) is 27.5 Å². The molecule has 0 spiro atoms. The fourth-order valence-electron chi connectivity index (χ4n) is 3.53. The molecule has 0 bridgehead atoms. The third kappa shape index (κ3) is 2.94. The Balaban J connectivity index is 1.53. The second kappa shape index (κ2) is 6.59. The second-order valence-corrected chi connectivity index (χ2v) is 6.84. The standard InChI is InChI=1S/C19H21N5O4/c1-9-11(10(2)21-18-17(9)19(26)23-24(18)3)4-5-16(25)22-13-7-15-14(6-12(13)20)27-8-28-15/h6-7H,4-5,8,20H2,1-3H3,(H,22,25)(H,23,26).